The van der Waals surface area contributed by atoms with E-state index in [1.807, 2.05) is 11.3 Å². The molecule has 0 saturated heterocycles. The molecule has 0 aliphatic heterocycles. The van der Waals surface area contributed by atoms with E-state index in [-0.39, 0.29) is 5.92 Å². The molecule has 1 nitrogen and oxygen atoms in total. The number of anilines is 3. The second kappa shape index (κ2) is 16.2. The van der Waals surface area contributed by atoms with E-state index in [2.05, 4.69) is 248 Å². The van der Waals surface area contributed by atoms with E-state index in [1.54, 1.807) is 0 Å². The van der Waals surface area contributed by atoms with Gasteiger partial charge in [0.05, 0.1) is 5.69 Å². The number of fused-ring (bicyclic) bond motifs is 5. The first kappa shape index (κ1) is 37.9. The van der Waals surface area contributed by atoms with Crippen molar-refractivity contribution in [3.05, 3.63) is 253 Å². The summed E-state index contributed by atoms with van der Waals surface area (Å²) in [6, 6.07) is 85.0. The van der Waals surface area contributed by atoms with Crippen molar-refractivity contribution in [3.63, 3.8) is 0 Å². The molecule has 2 heteroatoms. The Morgan fingerprint density at radius 1 is 0.391 bits per heavy atom. The average molecular weight is 834 g/mol. The van der Waals surface area contributed by atoms with Crippen LogP contribution in [0.15, 0.2) is 237 Å². The topological polar surface area (TPSA) is 3.24 Å². The molecule has 0 spiro atoms. The summed E-state index contributed by atoms with van der Waals surface area (Å²) in [5.74, 6) is 0.260. The van der Waals surface area contributed by atoms with Gasteiger partial charge in [-0.2, -0.15) is 0 Å². The molecule has 0 radical (unpaired) electrons. The molecule has 64 heavy (non-hydrogen) atoms. The minimum absolute atomic E-state index is 0.260. The number of allylic oxidation sites excluding steroid dienone is 1. The highest BCUT2D eigenvalue weighted by atomic mass is 32.1. The van der Waals surface area contributed by atoms with Gasteiger partial charge in [0.25, 0.3) is 0 Å². The van der Waals surface area contributed by atoms with E-state index < -0.39 is 0 Å². The Labute approximate surface area is 378 Å². The second-order valence-corrected chi connectivity index (χ2v) is 17.9. The lowest BCUT2D eigenvalue weighted by atomic mass is 9.81. The molecule has 12 rings (SSSR count). The van der Waals surface area contributed by atoms with Crippen LogP contribution in [0.4, 0.5) is 17.1 Å². The third-order valence-corrected chi connectivity index (χ3v) is 14.2. The van der Waals surface area contributed by atoms with Crippen LogP contribution in [-0.2, 0) is 0 Å². The van der Waals surface area contributed by atoms with Gasteiger partial charge in [0.1, 0.15) is 0 Å². The van der Waals surface area contributed by atoms with Crippen molar-refractivity contribution >= 4 is 65.4 Å². The Kier molecular flexibility index (Phi) is 9.58. The van der Waals surface area contributed by atoms with Crippen molar-refractivity contribution in [1.29, 1.82) is 0 Å². The lowest BCUT2D eigenvalue weighted by Crippen LogP contribution is -2.13. The lowest BCUT2D eigenvalue weighted by Gasteiger charge is -2.30. The van der Waals surface area contributed by atoms with E-state index in [0.29, 0.717) is 0 Å². The fourth-order valence-electron chi connectivity index (χ4n) is 9.82. The first-order chi connectivity index (χ1) is 31.7. The number of benzene rings is 10. The van der Waals surface area contributed by atoms with Crippen LogP contribution in [0.5, 0.6) is 0 Å². The molecule has 302 valence electrons. The molecule has 0 saturated carbocycles. The number of nitrogens with zero attached hydrogens (tertiary/aromatic N) is 1. The van der Waals surface area contributed by atoms with Gasteiger partial charge in [-0.1, -0.05) is 194 Å². The molecular formula is C62H43NS. The monoisotopic (exact) mass is 833 g/mol. The Morgan fingerprint density at radius 3 is 1.78 bits per heavy atom. The highest BCUT2D eigenvalue weighted by Gasteiger charge is 2.24. The Bertz CT molecular complexity index is 3500. The van der Waals surface area contributed by atoms with E-state index in [4.69, 9.17) is 0 Å². The van der Waals surface area contributed by atoms with Gasteiger partial charge in [-0.15, -0.1) is 11.3 Å². The highest BCUT2D eigenvalue weighted by molar-refractivity contribution is 7.25. The maximum Gasteiger partial charge on any atom is 0.0542 e. The van der Waals surface area contributed by atoms with E-state index in [1.165, 1.54) is 92.1 Å². The molecule has 0 fully saturated rings. The van der Waals surface area contributed by atoms with Crippen molar-refractivity contribution < 1.29 is 0 Å². The first-order valence-electron chi connectivity index (χ1n) is 22.2. The van der Waals surface area contributed by atoms with Gasteiger partial charge >= 0.3 is 0 Å². The minimum Gasteiger partial charge on any atom is -0.310 e. The SMILES string of the molecule is C1=Cc2ccccc2C(c2ccc(-c3ccccc3)c(N(c3ccc(-c4ccc(-c5cccc6ccccc56)cc4)cc3)c3ccc(-c4ccc5sc6ccccc6c5c4)cc3)c2)C1. The van der Waals surface area contributed by atoms with E-state index in [0.717, 1.165) is 23.5 Å². The van der Waals surface area contributed by atoms with Crippen molar-refractivity contribution in [3.8, 4) is 44.5 Å². The van der Waals surface area contributed by atoms with Crippen LogP contribution in [0.1, 0.15) is 29.0 Å². The fraction of sp³-hybridized carbons (Fsp3) is 0.0323. The maximum absolute atomic E-state index is 2.46. The summed E-state index contributed by atoms with van der Waals surface area (Å²) in [4.78, 5) is 2.46. The Morgan fingerprint density at radius 2 is 0.984 bits per heavy atom. The molecule has 1 aliphatic carbocycles. The highest BCUT2D eigenvalue weighted by Crippen LogP contribution is 2.46. The van der Waals surface area contributed by atoms with Gasteiger partial charge in [0, 0.05) is 43.0 Å². The van der Waals surface area contributed by atoms with Crippen LogP contribution in [0.2, 0.25) is 0 Å². The van der Waals surface area contributed by atoms with Crippen molar-refractivity contribution in [1.82, 2.24) is 0 Å². The Balaban J connectivity index is 0.969. The van der Waals surface area contributed by atoms with Gasteiger partial charge in [-0.05, 0) is 121 Å². The number of hydrogen-bond donors (Lipinski definition) is 0. The number of thiophene rings is 1. The molecule has 1 aromatic heterocycles. The summed E-state index contributed by atoms with van der Waals surface area (Å²) in [5.41, 5.74) is 17.0. The normalized spacial score (nSPS) is 13.3. The summed E-state index contributed by atoms with van der Waals surface area (Å²) >= 11 is 1.86. The number of hydrogen-bond acceptors (Lipinski definition) is 2. The molecule has 0 N–H and O–H groups in total. The van der Waals surface area contributed by atoms with Crippen LogP contribution >= 0.6 is 11.3 Å². The predicted octanol–water partition coefficient (Wildman–Crippen LogP) is 17.9. The lowest BCUT2D eigenvalue weighted by molar-refractivity contribution is 0.819. The predicted molar refractivity (Wildman–Crippen MR) is 275 cm³/mol. The zero-order chi connectivity index (χ0) is 42.4. The number of rotatable bonds is 8. The third kappa shape index (κ3) is 6.90. The van der Waals surface area contributed by atoms with Gasteiger partial charge in [0.15, 0.2) is 0 Å². The summed E-state index contributed by atoms with van der Waals surface area (Å²) in [5, 5.41) is 5.17. The quantitative estimate of drug-likeness (QED) is 0.147. The Hall–Kier alpha value is -7.78. The zero-order valence-corrected chi connectivity index (χ0v) is 36.1. The second-order valence-electron chi connectivity index (χ2n) is 16.8. The van der Waals surface area contributed by atoms with Gasteiger partial charge in [-0.3, -0.25) is 0 Å². The standard InChI is InChI=1S/C62H43NS/c1-2-12-47(13-3-1)57-38-32-50(56-22-11-17-46-15-5-7-19-54(46)56)41-60(57)63(52-36-30-44(31-37-52)49-33-39-62-59(40-49)58-20-8-9-23-61(58)64-62)51-34-28-43(29-35-51)42-24-26-48(27-25-42)55-21-10-16-45-14-4-6-18-53(45)55/h1-21,23-41,56H,22H2. The minimum atomic E-state index is 0.260. The summed E-state index contributed by atoms with van der Waals surface area (Å²) < 4.78 is 2.65. The fourth-order valence-corrected chi connectivity index (χ4v) is 10.9. The molecule has 1 aliphatic rings. The summed E-state index contributed by atoms with van der Waals surface area (Å²) in [6.07, 6.45) is 5.57. The molecule has 0 amide bonds. The first-order valence-corrected chi connectivity index (χ1v) is 23.0. The van der Waals surface area contributed by atoms with Crippen LogP contribution in [-0.4, -0.2) is 0 Å². The molecular weight excluding hydrogens is 791 g/mol. The molecule has 11 aromatic rings. The van der Waals surface area contributed by atoms with Gasteiger partial charge in [-0.25, -0.2) is 0 Å². The maximum atomic E-state index is 2.46. The molecule has 10 aromatic carbocycles. The third-order valence-electron chi connectivity index (χ3n) is 13.1. The van der Waals surface area contributed by atoms with Crippen molar-refractivity contribution in [2.24, 2.45) is 0 Å². The summed E-state index contributed by atoms with van der Waals surface area (Å²) in [7, 11) is 0. The van der Waals surface area contributed by atoms with Crippen LogP contribution in [0.25, 0.3) is 81.5 Å². The van der Waals surface area contributed by atoms with Crippen LogP contribution < -0.4 is 4.90 Å². The molecule has 1 unspecified atom stereocenters. The van der Waals surface area contributed by atoms with Gasteiger partial charge < -0.3 is 4.90 Å². The molecule has 1 atom stereocenters. The van der Waals surface area contributed by atoms with Gasteiger partial charge in [0.2, 0.25) is 0 Å². The largest absolute Gasteiger partial charge is 0.310 e. The zero-order valence-electron chi connectivity index (χ0n) is 35.2. The molecule has 1 heterocycles. The average Bonchev–Trinajstić information content (AvgIpc) is 3.75. The summed E-state index contributed by atoms with van der Waals surface area (Å²) in [6.45, 7) is 0. The van der Waals surface area contributed by atoms with Crippen molar-refractivity contribution in [2.45, 2.75) is 12.3 Å². The van der Waals surface area contributed by atoms with Crippen LogP contribution in [0.3, 0.4) is 0 Å². The van der Waals surface area contributed by atoms with E-state index in [9.17, 15) is 0 Å². The smallest absolute Gasteiger partial charge is 0.0542 e. The molecule has 0 bridgehead atoms. The van der Waals surface area contributed by atoms with Crippen LogP contribution in [0, 0.1) is 0 Å². The van der Waals surface area contributed by atoms with E-state index >= 15 is 0 Å². The van der Waals surface area contributed by atoms with Crippen molar-refractivity contribution in [2.75, 3.05) is 4.90 Å².